The van der Waals surface area contributed by atoms with E-state index in [9.17, 15) is 16.8 Å². The van der Waals surface area contributed by atoms with E-state index < -0.39 is 20.0 Å². The van der Waals surface area contributed by atoms with Crippen molar-refractivity contribution in [2.45, 2.75) is 23.8 Å². The molecule has 1 saturated heterocycles. The SMILES string of the molecule is CS(=O)(=O)N1CCC(Nc2nc3ccccc3nc2NS(=O)(=O)c2ccccc2)CC1. The molecule has 1 aromatic heterocycles. The number of anilines is 2. The van der Waals surface area contributed by atoms with Crippen molar-refractivity contribution in [3.63, 3.8) is 0 Å². The van der Waals surface area contributed by atoms with Crippen molar-refractivity contribution >= 4 is 42.7 Å². The van der Waals surface area contributed by atoms with Crippen molar-refractivity contribution in [1.82, 2.24) is 14.3 Å². The van der Waals surface area contributed by atoms with Gasteiger partial charge in [-0.3, -0.25) is 4.72 Å². The van der Waals surface area contributed by atoms with Crippen LogP contribution in [0.4, 0.5) is 11.6 Å². The number of fused-ring (bicyclic) bond motifs is 1. The Bertz CT molecular complexity index is 1290. The predicted octanol–water partition coefficient (Wildman–Crippen LogP) is 2.27. The van der Waals surface area contributed by atoms with Gasteiger partial charge in [0, 0.05) is 19.1 Å². The normalized spacial score (nSPS) is 16.3. The van der Waals surface area contributed by atoms with Crippen LogP contribution in [0.2, 0.25) is 0 Å². The van der Waals surface area contributed by atoms with Crippen molar-refractivity contribution in [2.24, 2.45) is 0 Å². The fraction of sp³-hybridized carbons (Fsp3) is 0.300. The Kier molecular flexibility index (Phi) is 5.82. The first kappa shape index (κ1) is 21.5. The van der Waals surface area contributed by atoms with Gasteiger partial charge in [0.2, 0.25) is 10.0 Å². The molecule has 0 amide bonds. The van der Waals surface area contributed by atoms with Crippen LogP contribution in [-0.2, 0) is 20.0 Å². The summed E-state index contributed by atoms with van der Waals surface area (Å²) in [6.45, 7) is 0.783. The monoisotopic (exact) mass is 461 g/mol. The minimum Gasteiger partial charge on any atom is -0.364 e. The molecule has 0 spiro atoms. The molecular formula is C20H23N5O4S2. The zero-order valence-electron chi connectivity index (χ0n) is 16.9. The predicted molar refractivity (Wildman–Crippen MR) is 120 cm³/mol. The summed E-state index contributed by atoms with van der Waals surface area (Å²) in [4.78, 5) is 9.19. The number of rotatable bonds is 6. The highest BCUT2D eigenvalue weighted by Crippen LogP contribution is 2.26. The molecule has 0 radical (unpaired) electrons. The summed E-state index contributed by atoms with van der Waals surface area (Å²) in [6.07, 6.45) is 2.35. The van der Waals surface area contributed by atoms with Crippen LogP contribution in [0.25, 0.3) is 11.0 Å². The molecule has 4 rings (SSSR count). The number of aromatic nitrogens is 2. The highest BCUT2D eigenvalue weighted by molar-refractivity contribution is 7.92. The van der Waals surface area contributed by atoms with Gasteiger partial charge in [-0.2, -0.15) is 0 Å². The van der Waals surface area contributed by atoms with Crippen LogP contribution < -0.4 is 10.0 Å². The van der Waals surface area contributed by atoms with E-state index in [-0.39, 0.29) is 16.8 Å². The van der Waals surface area contributed by atoms with Gasteiger partial charge in [0.1, 0.15) is 0 Å². The van der Waals surface area contributed by atoms with E-state index in [1.165, 1.54) is 22.7 Å². The Labute approximate surface area is 181 Å². The number of hydrogen-bond acceptors (Lipinski definition) is 7. The molecule has 2 heterocycles. The number of nitrogens with one attached hydrogen (secondary N) is 2. The van der Waals surface area contributed by atoms with Crippen molar-refractivity contribution in [2.75, 3.05) is 29.4 Å². The minimum absolute atomic E-state index is 0.0616. The average Bonchev–Trinajstić information content (AvgIpc) is 2.74. The standard InChI is InChI=1S/C20H23N5O4S2/c1-30(26,27)25-13-11-15(12-14-25)21-19-20(23-18-10-6-5-9-17(18)22-19)24-31(28,29)16-7-3-2-4-8-16/h2-10,15H,11-14H2,1H3,(H,21,22)(H,23,24). The molecule has 0 aliphatic carbocycles. The maximum Gasteiger partial charge on any atom is 0.263 e. The van der Waals surface area contributed by atoms with Gasteiger partial charge < -0.3 is 5.32 Å². The van der Waals surface area contributed by atoms with E-state index in [2.05, 4.69) is 20.0 Å². The molecule has 2 N–H and O–H groups in total. The van der Waals surface area contributed by atoms with Crippen LogP contribution in [0.15, 0.2) is 59.5 Å². The molecule has 31 heavy (non-hydrogen) atoms. The van der Waals surface area contributed by atoms with Crippen molar-refractivity contribution in [3.8, 4) is 0 Å². The number of nitrogens with zero attached hydrogens (tertiary/aromatic N) is 3. The van der Waals surface area contributed by atoms with E-state index in [1.807, 2.05) is 6.07 Å². The summed E-state index contributed by atoms with van der Waals surface area (Å²) in [7, 11) is -7.08. The molecule has 2 aromatic carbocycles. The Morgan fingerprint density at radius 3 is 1.97 bits per heavy atom. The maximum absolute atomic E-state index is 12.9. The Balaban J connectivity index is 1.63. The highest BCUT2D eigenvalue weighted by atomic mass is 32.2. The molecular weight excluding hydrogens is 438 g/mol. The van der Waals surface area contributed by atoms with Crippen molar-refractivity contribution < 1.29 is 16.8 Å². The van der Waals surface area contributed by atoms with Crippen LogP contribution in [0.1, 0.15) is 12.8 Å². The second kappa shape index (κ2) is 8.40. The third-order valence-electron chi connectivity index (χ3n) is 5.12. The Morgan fingerprint density at radius 2 is 1.39 bits per heavy atom. The molecule has 1 aliphatic heterocycles. The number of para-hydroxylation sites is 2. The van der Waals surface area contributed by atoms with Gasteiger partial charge in [-0.25, -0.2) is 31.1 Å². The summed E-state index contributed by atoms with van der Waals surface area (Å²) in [5.74, 6) is 0.420. The van der Waals surface area contributed by atoms with Gasteiger partial charge >= 0.3 is 0 Å². The zero-order valence-corrected chi connectivity index (χ0v) is 18.5. The molecule has 164 valence electrons. The van der Waals surface area contributed by atoms with Gasteiger partial charge in [-0.15, -0.1) is 0 Å². The fourth-order valence-corrected chi connectivity index (χ4v) is 5.39. The van der Waals surface area contributed by atoms with Gasteiger partial charge in [0.25, 0.3) is 10.0 Å². The molecule has 0 unspecified atom stereocenters. The molecule has 11 heteroatoms. The number of benzene rings is 2. The second-order valence-electron chi connectivity index (χ2n) is 7.41. The van der Waals surface area contributed by atoms with Crippen LogP contribution in [-0.4, -0.2) is 56.5 Å². The first-order valence-electron chi connectivity index (χ1n) is 9.79. The maximum atomic E-state index is 12.9. The summed E-state index contributed by atoms with van der Waals surface area (Å²) < 4.78 is 53.2. The molecule has 9 nitrogen and oxygen atoms in total. The first-order chi connectivity index (χ1) is 14.7. The number of hydrogen-bond donors (Lipinski definition) is 2. The molecule has 3 aromatic rings. The third-order valence-corrected chi connectivity index (χ3v) is 7.78. The number of sulfonamides is 2. The smallest absolute Gasteiger partial charge is 0.263 e. The lowest BCUT2D eigenvalue weighted by molar-refractivity contribution is 0.331. The summed E-state index contributed by atoms with van der Waals surface area (Å²) in [6, 6.07) is 15.2. The first-order valence-corrected chi connectivity index (χ1v) is 13.1. The van der Waals surface area contributed by atoms with Crippen molar-refractivity contribution in [1.29, 1.82) is 0 Å². The van der Waals surface area contributed by atoms with Crippen LogP contribution in [0.5, 0.6) is 0 Å². The minimum atomic E-state index is -3.85. The third kappa shape index (κ3) is 4.94. The van der Waals surface area contributed by atoms with E-state index in [1.54, 1.807) is 36.4 Å². The van der Waals surface area contributed by atoms with Gasteiger partial charge in [0.05, 0.1) is 22.2 Å². The van der Waals surface area contributed by atoms with Gasteiger partial charge in [-0.1, -0.05) is 30.3 Å². The lowest BCUT2D eigenvalue weighted by Crippen LogP contribution is -2.42. The highest BCUT2D eigenvalue weighted by Gasteiger charge is 2.26. The quantitative estimate of drug-likeness (QED) is 0.577. The Hall–Kier alpha value is -2.76. The van der Waals surface area contributed by atoms with E-state index in [0.29, 0.717) is 42.8 Å². The van der Waals surface area contributed by atoms with E-state index in [0.717, 1.165) is 0 Å². The molecule has 0 atom stereocenters. The van der Waals surface area contributed by atoms with Gasteiger partial charge in [-0.05, 0) is 37.1 Å². The fourth-order valence-electron chi connectivity index (χ4n) is 3.48. The van der Waals surface area contributed by atoms with E-state index >= 15 is 0 Å². The van der Waals surface area contributed by atoms with Gasteiger partial charge in [0.15, 0.2) is 11.6 Å². The lowest BCUT2D eigenvalue weighted by atomic mass is 10.1. The average molecular weight is 462 g/mol. The van der Waals surface area contributed by atoms with Crippen LogP contribution in [0, 0.1) is 0 Å². The second-order valence-corrected chi connectivity index (χ2v) is 11.1. The summed E-state index contributed by atoms with van der Waals surface area (Å²) in [5, 5.41) is 3.27. The molecule has 0 saturated carbocycles. The topological polar surface area (TPSA) is 121 Å². The molecule has 1 aliphatic rings. The summed E-state index contributed by atoms with van der Waals surface area (Å²) in [5.41, 5.74) is 1.19. The van der Waals surface area contributed by atoms with Crippen LogP contribution >= 0.6 is 0 Å². The molecule has 1 fully saturated rings. The zero-order chi connectivity index (χ0) is 22.1. The van der Waals surface area contributed by atoms with Crippen LogP contribution in [0.3, 0.4) is 0 Å². The summed E-state index contributed by atoms with van der Waals surface area (Å²) >= 11 is 0. The Morgan fingerprint density at radius 1 is 0.839 bits per heavy atom. The lowest BCUT2D eigenvalue weighted by Gasteiger charge is -2.31. The molecule has 0 bridgehead atoms. The number of piperidine rings is 1. The van der Waals surface area contributed by atoms with Crippen molar-refractivity contribution in [3.05, 3.63) is 54.6 Å². The largest absolute Gasteiger partial charge is 0.364 e. The van der Waals surface area contributed by atoms with E-state index in [4.69, 9.17) is 0 Å².